The molecule has 0 spiro atoms. The van der Waals surface area contributed by atoms with Crippen molar-refractivity contribution < 1.29 is 18.3 Å². The standard InChI is InChI=1S/C15H22F2N2O2/c1-9(19-13(20)12(18)15(2,3)4)10-7-5-6-8-11(10)21-14(16)17/h5-9,12,14H,18H2,1-4H3,(H,19,20). The van der Waals surface area contributed by atoms with Gasteiger partial charge in [-0.05, 0) is 18.4 Å². The van der Waals surface area contributed by atoms with E-state index in [2.05, 4.69) is 10.1 Å². The van der Waals surface area contributed by atoms with E-state index in [1.54, 1.807) is 25.1 Å². The summed E-state index contributed by atoms with van der Waals surface area (Å²) < 4.78 is 29.2. The van der Waals surface area contributed by atoms with Crippen LogP contribution in [0.4, 0.5) is 8.78 Å². The van der Waals surface area contributed by atoms with E-state index in [1.165, 1.54) is 6.07 Å². The van der Waals surface area contributed by atoms with Crippen molar-refractivity contribution in [3.8, 4) is 5.75 Å². The summed E-state index contributed by atoms with van der Waals surface area (Å²) in [5, 5.41) is 2.73. The van der Waals surface area contributed by atoms with E-state index in [4.69, 9.17) is 5.73 Å². The fraction of sp³-hybridized carbons (Fsp3) is 0.533. The fourth-order valence-corrected chi connectivity index (χ4v) is 1.82. The van der Waals surface area contributed by atoms with Crippen molar-refractivity contribution in [2.24, 2.45) is 11.1 Å². The largest absolute Gasteiger partial charge is 0.434 e. The molecule has 0 aliphatic carbocycles. The first-order valence-electron chi connectivity index (χ1n) is 6.72. The Hall–Kier alpha value is -1.69. The average molecular weight is 300 g/mol. The van der Waals surface area contributed by atoms with E-state index in [9.17, 15) is 13.6 Å². The van der Waals surface area contributed by atoms with Gasteiger partial charge in [0.15, 0.2) is 0 Å². The molecule has 1 aromatic rings. The van der Waals surface area contributed by atoms with Gasteiger partial charge in [-0.1, -0.05) is 39.0 Å². The van der Waals surface area contributed by atoms with Crippen LogP contribution in [0.25, 0.3) is 0 Å². The van der Waals surface area contributed by atoms with Gasteiger partial charge in [-0.25, -0.2) is 0 Å². The quantitative estimate of drug-likeness (QED) is 0.879. The molecule has 0 aliphatic heterocycles. The van der Waals surface area contributed by atoms with Gasteiger partial charge in [-0.2, -0.15) is 8.78 Å². The van der Waals surface area contributed by atoms with Crippen LogP contribution in [-0.4, -0.2) is 18.6 Å². The number of para-hydroxylation sites is 1. The molecule has 1 aromatic carbocycles. The lowest BCUT2D eigenvalue weighted by Gasteiger charge is -2.27. The number of alkyl halides is 2. The molecule has 0 saturated carbocycles. The van der Waals surface area contributed by atoms with Crippen molar-refractivity contribution in [3.63, 3.8) is 0 Å². The number of carbonyl (C=O) groups is 1. The van der Waals surface area contributed by atoms with Gasteiger partial charge in [0.25, 0.3) is 0 Å². The van der Waals surface area contributed by atoms with Crippen molar-refractivity contribution in [1.29, 1.82) is 0 Å². The molecule has 0 saturated heterocycles. The summed E-state index contributed by atoms with van der Waals surface area (Å²) in [5.41, 5.74) is 5.97. The van der Waals surface area contributed by atoms with Crippen molar-refractivity contribution >= 4 is 5.91 Å². The highest BCUT2D eigenvalue weighted by Gasteiger charge is 2.28. The highest BCUT2D eigenvalue weighted by atomic mass is 19.3. The van der Waals surface area contributed by atoms with Crippen LogP contribution in [0.5, 0.6) is 5.75 Å². The second-order valence-electron chi connectivity index (χ2n) is 5.99. The average Bonchev–Trinajstić information content (AvgIpc) is 2.36. The zero-order valence-corrected chi connectivity index (χ0v) is 12.7. The van der Waals surface area contributed by atoms with Crippen molar-refractivity contribution in [2.45, 2.75) is 46.4 Å². The van der Waals surface area contributed by atoms with Gasteiger partial charge in [0.05, 0.1) is 12.1 Å². The van der Waals surface area contributed by atoms with Crippen molar-refractivity contribution in [2.75, 3.05) is 0 Å². The number of benzene rings is 1. The molecule has 4 nitrogen and oxygen atoms in total. The predicted octanol–water partition coefficient (Wildman–Crippen LogP) is 2.84. The lowest BCUT2D eigenvalue weighted by atomic mass is 9.86. The van der Waals surface area contributed by atoms with Crippen LogP contribution in [0.1, 0.15) is 39.3 Å². The third-order valence-corrected chi connectivity index (χ3v) is 3.18. The van der Waals surface area contributed by atoms with Gasteiger partial charge in [0, 0.05) is 5.56 Å². The van der Waals surface area contributed by atoms with Crippen LogP contribution in [0, 0.1) is 5.41 Å². The minimum atomic E-state index is -2.91. The molecular weight excluding hydrogens is 278 g/mol. The summed E-state index contributed by atoms with van der Waals surface area (Å²) >= 11 is 0. The van der Waals surface area contributed by atoms with Crippen LogP contribution in [0.15, 0.2) is 24.3 Å². The van der Waals surface area contributed by atoms with E-state index >= 15 is 0 Å². The number of rotatable bonds is 5. The Labute approximate surface area is 123 Å². The molecule has 1 rings (SSSR count). The van der Waals surface area contributed by atoms with Gasteiger partial charge in [0.2, 0.25) is 5.91 Å². The SMILES string of the molecule is CC(NC(=O)C(N)C(C)(C)C)c1ccccc1OC(F)F. The zero-order valence-electron chi connectivity index (χ0n) is 12.7. The highest BCUT2D eigenvalue weighted by molar-refractivity contribution is 5.82. The Bertz CT molecular complexity index is 487. The van der Waals surface area contributed by atoms with Crippen LogP contribution >= 0.6 is 0 Å². The number of halogens is 2. The summed E-state index contributed by atoms with van der Waals surface area (Å²) in [6.45, 7) is 4.35. The molecule has 6 heteroatoms. The summed E-state index contributed by atoms with van der Waals surface area (Å²) in [6, 6.07) is 5.18. The predicted molar refractivity (Wildman–Crippen MR) is 77.1 cm³/mol. The van der Waals surface area contributed by atoms with E-state index < -0.39 is 18.7 Å². The first-order valence-corrected chi connectivity index (χ1v) is 6.72. The molecule has 0 aliphatic rings. The smallest absolute Gasteiger partial charge is 0.387 e. The molecule has 21 heavy (non-hydrogen) atoms. The van der Waals surface area contributed by atoms with Gasteiger partial charge in [0.1, 0.15) is 5.75 Å². The summed E-state index contributed by atoms with van der Waals surface area (Å²) in [4.78, 5) is 12.1. The number of hydrogen-bond donors (Lipinski definition) is 2. The van der Waals surface area contributed by atoms with Crippen molar-refractivity contribution in [1.82, 2.24) is 5.32 Å². The van der Waals surface area contributed by atoms with E-state index in [-0.39, 0.29) is 17.1 Å². The van der Waals surface area contributed by atoms with E-state index in [1.807, 2.05) is 20.8 Å². The van der Waals surface area contributed by atoms with Crippen LogP contribution in [0.3, 0.4) is 0 Å². The van der Waals surface area contributed by atoms with Crippen LogP contribution in [0.2, 0.25) is 0 Å². The second kappa shape index (κ2) is 6.85. The van der Waals surface area contributed by atoms with Gasteiger partial charge in [-0.15, -0.1) is 0 Å². The topological polar surface area (TPSA) is 64.4 Å². The molecule has 0 radical (unpaired) electrons. The number of nitrogens with two attached hydrogens (primary N) is 1. The van der Waals surface area contributed by atoms with Crippen LogP contribution < -0.4 is 15.8 Å². The second-order valence-corrected chi connectivity index (χ2v) is 5.99. The molecule has 118 valence electrons. The minimum absolute atomic E-state index is 0.0460. The molecule has 1 amide bonds. The first-order chi connectivity index (χ1) is 9.62. The lowest BCUT2D eigenvalue weighted by molar-refractivity contribution is -0.125. The Morgan fingerprint density at radius 1 is 1.29 bits per heavy atom. The normalized spacial score (nSPS) is 14.7. The third-order valence-electron chi connectivity index (χ3n) is 3.18. The first kappa shape index (κ1) is 17.4. The Balaban J connectivity index is 2.85. The molecular formula is C15H22F2N2O2. The van der Waals surface area contributed by atoms with Crippen LogP contribution in [-0.2, 0) is 4.79 Å². The molecule has 2 unspecified atom stereocenters. The zero-order chi connectivity index (χ0) is 16.2. The summed E-state index contributed by atoms with van der Waals surface area (Å²) in [5.74, 6) is -0.286. The lowest BCUT2D eigenvalue weighted by Crippen LogP contribution is -2.49. The summed E-state index contributed by atoms with van der Waals surface area (Å²) in [6.07, 6.45) is 0. The number of ether oxygens (including phenoxy) is 1. The third kappa shape index (κ3) is 4.97. The van der Waals surface area contributed by atoms with Gasteiger partial charge >= 0.3 is 6.61 Å². The maximum Gasteiger partial charge on any atom is 0.387 e. The Morgan fingerprint density at radius 3 is 2.38 bits per heavy atom. The van der Waals surface area contributed by atoms with E-state index in [0.29, 0.717) is 5.56 Å². The molecule has 3 N–H and O–H groups in total. The highest BCUT2D eigenvalue weighted by Crippen LogP contribution is 2.27. The van der Waals surface area contributed by atoms with Gasteiger partial charge < -0.3 is 15.8 Å². The number of hydrogen-bond acceptors (Lipinski definition) is 3. The molecule has 0 aromatic heterocycles. The molecule has 0 fully saturated rings. The van der Waals surface area contributed by atoms with Crippen molar-refractivity contribution in [3.05, 3.63) is 29.8 Å². The molecule has 0 heterocycles. The number of amides is 1. The number of carbonyl (C=O) groups excluding carboxylic acids is 1. The fourth-order valence-electron chi connectivity index (χ4n) is 1.82. The maximum atomic E-state index is 12.4. The minimum Gasteiger partial charge on any atom is -0.434 e. The maximum absolute atomic E-state index is 12.4. The summed E-state index contributed by atoms with van der Waals surface area (Å²) in [7, 11) is 0. The molecule has 2 atom stereocenters. The number of nitrogens with one attached hydrogen (secondary N) is 1. The monoisotopic (exact) mass is 300 g/mol. The van der Waals surface area contributed by atoms with E-state index in [0.717, 1.165) is 0 Å². The Kier molecular flexibility index (Phi) is 5.66. The van der Waals surface area contributed by atoms with Gasteiger partial charge in [-0.3, -0.25) is 4.79 Å². The Morgan fingerprint density at radius 2 is 1.86 bits per heavy atom. The molecule has 0 bridgehead atoms.